The fourth-order valence-corrected chi connectivity index (χ4v) is 4.37. The van der Waals surface area contributed by atoms with E-state index in [1.54, 1.807) is 29.2 Å². The van der Waals surface area contributed by atoms with Crippen LogP contribution in [0.15, 0.2) is 61.2 Å². The van der Waals surface area contributed by atoms with Crippen LogP contribution in [0.2, 0.25) is 10.0 Å². The Morgan fingerprint density at radius 2 is 1.90 bits per heavy atom. The number of hydrogen-bond donors (Lipinski definition) is 1. The Labute approximate surface area is 192 Å². The molecule has 0 aliphatic carbocycles. The van der Waals surface area contributed by atoms with Gasteiger partial charge >= 0.3 is 0 Å². The zero-order chi connectivity index (χ0) is 22.5. The largest absolute Gasteiger partial charge is 0.368 e. The molecule has 2 aromatic rings. The van der Waals surface area contributed by atoms with Crippen molar-refractivity contribution in [3.63, 3.8) is 0 Å². The molecule has 1 aliphatic heterocycles. The average Bonchev–Trinajstić information content (AvgIpc) is 2.74. The molecule has 5 nitrogen and oxygen atoms in total. The smallest absolute Gasteiger partial charge is 0.253 e. The van der Waals surface area contributed by atoms with E-state index < -0.39 is 30.2 Å². The zero-order valence-corrected chi connectivity index (χ0v) is 18.9. The van der Waals surface area contributed by atoms with Gasteiger partial charge in [-0.3, -0.25) is 9.59 Å². The van der Waals surface area contributed by atoms with Crippen molar-refractivity contribution in [3.8, 4) is 0 Å². The lowest BCUT2D eigenvalue weighted by molar-refractivity contribution is -0.180. The van der Waals surface area contributed by atoms with E-state index in [1.807, 2.05) is 37.3 Å². The third kappa shape index (κ3) is 5.12. The molecule has 1 fully saturated rings. The standard InChI is InChI=1S/C24H26Cl2N2O3/c1-3-6-19(23(27)29)28-21(15-10-12-17(25)13-11-15)22(16-8-5-9-18(26)14-16)31-20(7-4-2)24(28)30/h4-5,8-14,19-22H,2-3,6-7H2,1H3,(H2,27,29)/t19-,20-,21+,22-/m0/s1. The van der Waals surface area contributed by atoms with E-state index >= 15 is 0 Å². The maximum atomic E-state index is 13.5. The molecule has 0 bridgehead atoms. The van der Waals surface area contributed by atoms with Gasteiger partial charge in [0.2, 0.25) is 5.91 Å². The molecule has 2 amide bonds. The van der Waals surface area contributed by atoms with Crippen LogP contribution in [0.4, 0.5) is 0 Å². The molecule has 0 spiro atoms. The highest BCUT2D eigenvalue weighted by atomic mass is 35.5. The van der Waals surface area contributed by atoms with Crippen molar-refractivity contribution in [3.05, 3.63) is 82.4 Å². The van der Waals surface area contributed by atoms with Gasteiger partial charge in [-0.25, -0.2) is 0 Å². The third-order valence-corrected chi connectivity index (χ3v) is 5.91. The molecule has 0 saturated carbocycles. The van der Waals surface area contributed by atoms with Crippen molar-refractivity contribution in [2.45, 2.75) is 50.5 Å². The van der Waals surface area contributed by atoms with E-state index in [-0.39, 0.29) is 5.91 Å². The van der Waals surface area contributed by atoms with Crippen LogP contribution in [0.1, 0.15) is 49.5 Å². The third-order valence-electron chi connectivity index (χ3n) is 5.42. The van der Waals surface area contributed by atoms with Crippen LogP contribution >= 0.6 is 23.2 Å². The molecule has 0 radical (unpaired) electrons. The van der Waals surface area contributed by atoms with Gasteiger partial charge in [0, 0.05) is 16.5 Å². The summed E-state index contributed by atoms with van der Waals surface area (Å²) >= 11 is 12.4. The molecule has 31 heavy (non-hydrogen) atoms. The quantitative estimate of drug-likeness (QED) is 0.547. The van der Waals surface area contributed by atoms with Gasteiger partial charge in [0.1, 0.15) is 18.2 Å². The summed E-state index contributed by atoms with van der Waals surface area (Å²) in [4.78, 5) is 27.6. The first-order valence-electron chi connectivity index (χ1n) is 10.3. The number of amides is 2. The van der Waals surface area contributed by atoms with Crippen molar-refractivity contribution in [1.29, 1.82) is 0 Å². The van der Waals surface area contributed by atoms with Gasteiger partial charge in [0.15, 0.2) is 0 Å². The van der Waals surface area contributed by atoms with E-state index in [2.05, 4.69) is 6.58 Å². The molecule has 4 atom stereocenters. The molecular weight excluding hydrogens is 435 g/mol. The number of nitrogens with zero attached hydrogens (tertiary/aromatic N) is 1. The summed E-state index contributed by atoms with van der Waals surface area (Å²) in [6.45, 7) is 5.70. The van der Waals surface area contributed by atoms with E-state index in [9.17, 15) is 9.59 Å². The lowest BCUT2D eigenvalue weighted by Crippen LogP contribution is -2.58. The van der Waals surface area contributed by atoms with Crippen LogP contribution in [-0.4, -0.2) is 28.9 Å². The van der Waals surface area contributed by atoms with E-state index in [0.717, 1.165) is 11.1 Å². The highest BCUT2D eigenvalue weighted by Crippen LogP contribution is 2.44. The van der Waals surface area contributed by atoms with Gasteiger partial charge in [-0.05, 0) is 41.8 Å². The number of morpholine rings is 1. The monoisotopic (exact) mass is 460 g/mol. The normalized spacial score (nSPS) is 22.2. The van der Waals surface area contributed by atoms with Gasteiger partial charge in [-0.2, -0.15) is 0 Å². The molecule has 1 saturated heterocycles. The van der Waals surface area contributed by atoms with Crippen LogP contribution in [0.25, 0.3) is 0 Å². The first-order chi connectivity index (χ1) is 14.9. The summed E-state index contributed by atoms with van der Waals surface area (Å²) in [5, 5.41) is 1.13. The fraction of sp³-hybridized carbons (Fsp3) is 0.333. The second-order valence-electron chi connectivity index (χ2n) is 7.57. The Balaban J connectivity index is 2.20. The van der Waals surface area contributed by atoms with Crippen molar-refractivity contribution < 1.29 is 14.3 Å². The maximum Gasteiger partial charge on any atom is 0.253 e. The average molecular weight is 461 g/mol. The number of rotatable bonds is 8. The van der Waals surface area contributed by atoms with E-state index in [1.165, 1.54) is 0 Å². The predicted molar refractivity (Wildman–Crippen MR) is 123 cm³/mol. The maximum absolute atomic E-state index is 13.5. The SMILES string of the molecule is C=CC[C@@H]1O[C@@H](c2cccc(Cl)c2)[C@@H](c2ccc(Cl)cc2)N([C@@H](CCC)C(N)=O)C1=O. The van der Waals surface area contributed by atoms with Crippen molar-refractivity contribution >= 4 is 35.0 Å². The van der Waals surface area contributed by atoms with Crippen LogP contribution in [0.3, 0.4) is 0 Å². The highest BCUT2D eigenvalue weighted by molar-refractivity contribution is 6.30. The van der Waals surface area contributed by atoms with E-state index in [4.69, 9.17) is 33.7 Å². The van der Waals surface area contributed by atoms with Gasteiger partial charge in [-0.15, -0.1) is 6.58 Å². The Bertz CT molecular complexity index is 948. The summed E-state index contributed by atoms with van der Waals surface area (Å²) in [5.74, 6) is -0.825. The van der Waals surface area contributed by atoms with Gasteiger partial charge in [0.05, 0.1) is 6.04 Å². The van der Waals surface area contributed by atoms with Gasteiger partial charge in [0.25, 0.3) is 5.91 Å². The van der Waals surface area contributed by atoms with Gasteiger partial charge in [-0.1, -0.05) is 66.9 Å². The molecule has 1 aliphatic rings. The Kier molecular flexibility index (Phi) is 7.76. The minimum absolute atomic E-state index is 0.282. The van der Waals surface area contributed by atoms with Crippen LogP contribution in [-0.2, 0) is 14.3 Å². The molecule has 7 heteroatoms. The number of primary amides is 1. The van der Waals surface area contributed by atoms with Crippen molar-refractivity contribution in [1.82, 2.24) is 4.90 Å². The molecule has 2 aromatic carbocycles. The minimum atomic E-state index is -0.774. The molecule has 1 heterocycles. The van der Waals surface area contributed by atoms with Crippen molar-refractivity contribution in [2.75, 3.05) is 0 Å². The molecule has 164 valence electrons. The number of hydrogen-bond acceptors (Lipinski definition) is 3. The zero-order valence-electron chi connectivity index (χ0n) is 17.3. The second-order valence-corrected chi connectivity index (χ2v) is 8.45. The summed E-state index contributed by atoms with van der Waals surface area (Å²) in [5.41, 5.74) is 7.37. The molecule has 3 rings (SSSR count). The van der Waals surface area contributed by atoms with Crippen LogP contribution < -0.4 is 5.73 Å². The first kappa shape index (κ1) is 23.3. The molecule has 2 N–H and O–H groups in total. The second kappa shape index (κ2) is 10.3. The summed E-state index contributed by atoms with van der Waals surface area (Å²) in [6, 6.07) is 13.2. The number of halogens is 2. The summed E-state index contributed by atoms with van der Waals surface area (Å²) in [7, 11) is 0. The fourth-order valence-electron chi connectivity index (χ4n) is 4.05. The molecule has 0 aromatic heterocycles. The summed E-state index contributed by atoms with van der Waals surface area (Å²) < 4.78 is 6.31. The highest BCUT2D eigenvalue weighted by Gasteiger charge is 2.47. The Morgan fingerprint density at radius 1 is 1.19 bits per heavy atom. The number of carbonyl (C=O) groups excluding carboxylic acids is 2. The number of nitrogens with two attached hydrogens (primary N) is 1. The lowest BCUT2D eigenvalue weighted by atomic mass is 9.89. The minimum Gasteiger partial charge on any atom is -0.368 e. The summed E-state index contributed by atoms with van der Waals surface area (Å²) in [6.07, 6.45) is 1.77. The first-order valence-corrected chi connectivity index (χ1v) is 11.0. The Hall–Kier alpha value is -2.34. The van der Waals surface area contributed by atoms with Gasteiger partial charge < -0.3 is 15.4 Å². The number of carbonyl (C=O) groups is 2. The topological polar surface area (TPSA) is 72.6 Å². The molecule has 0 unspecified atom stereocenters. The lowest BCUT2D eigenvalue weighted by Gasteiger charge is -2.47. The van der Waals surface area contributed by atoms with Crippen LogP contribution in [0.5, 0.6) is 0 Å². The van der Waals surface area contributed by atoms with Crippen molar-refractivity contribution in [2.24, 2.45) is 5.73 Å². The predicted octanol–water partition coefficient (Wildman–Crippen LogP) is 5.23. The van der Waals surface area contributed by atoms with E-state index in [0.29, 0.717) is 29.3 Å². The Morgan fingerprint density at radius 3 is 2.48 bits per heavy atom. The van der Waals surface area contributed by atoms with Crippen LogP contribution in [0, 0.1) is 0 Å². The number of benzene rings is 2. The number of ether oxygens (including phenoxy) is 1. The molecular formula is C24H26Cl2N2O3.